The monoisotopic (exact) mass is 253 g/mol. The van der Waals surface area contributed by atoms with Gasteiger partial charge in [-0.25, -0.2) is 0 Å². The van der Waals surface area contributed by atoms with Crippen molar-refractivity contribution in [3.63, 3.8) is 0 Å². The molecule has 0 saturated carbocycles. The Labute approximate surface area is 107 Å². The first-order chi connectivity index (χ1) is 7.97. The summed E-state index contributed by atoms with van der Waals surface area (Å²) in [7, 11) is 0. The zero-order valence-electron chi connectivity index (χ0n) is 10.4. The molecule has 4 heteroatoms. The van der Waals surface area contributed by atoms with Gasteiger partial charge >= 0.3 is 0 Å². The summed E-state index contributed by atoms with van der Waals surface area (Å²) < 4.78 is 0. The van der Waals surface area contributed by atoms with Crippen LogP contribution in [0.25, 0.3) is 0 Å². The van der Waals surface area contributed by atoms with Crippen LogP contribution in [0.1, 0.15) is 19.4 Å². The lowest BCUT2D eigenvalue weighted by molar-refractivity contribution is -0.121. The van der Waals surface area contributed by atoms with Crippen LogP contribution in [0.3, 0.4) is 0 Å². The molecule has 0 aliphatic carbocycles. The van der Waals surface area contributed by atoms with Gasteiger partial charge in [-0.15, -0.1) is 0 Å². The van der Waals surface area contributed by atoms with Crippen LogP contribution < -0.4 is 5.32 Å². The molecule has 1 aromatic rings. The molecule has 1 rings (SSSR count). The molecule has 2 atom stereocenters. The molecule has 0 radical (unpaired) electrons. The largest absolute Gasteiger partial charge is 0.384 e. The number of hydrogen-bond donors (Lipinski definition) is 2. The molecule has 0 aliphatic rings. The third-order valence-corrected chi connectivity index (χ3v) is 3.65. The van der Waals surface area contributed by atoms with Crippen molar-refractivity contribution < 1.29 is 9.90 Å². The van der Waals surface area contributed by atoms with E-state index in [1.807, 2.05) is 43.5 Å². The van der Waals surface area contributed by atoms with Gasteiger partial charge in [-0.3, -0.25) is 4.79 Å². The molecular formula is C13H19NO2S. The van der Waals surface area contributed by atoms with E-state index >= 15 is 0 Å². The minimum absolute atomic E-state index is 0.0475. The van der Waals surface area contributed by atoms with Gasteiger partial charge in [0, 0.05) is 0 Å². The predicted molar refractivity (Wildman–Crippen MR) is 72.0 cm³/mol. The van der Waals surface area contributed by atoms with Crippen LogP contribution in [0.5, 0.6) is 0 Å². The minimum atomic E-state index is -1.03. The van der Waals surface area contributed by atoms with E-state index in [-0.39, 0.29) is 17.7 Å². The molecule has 0 spiro atoms. The van der Waals surface area contributed by atoms with Crippen molar-refractivity contribution in [2.45, 2.75) is 24.7 Å². The molecule has 17 heavy (non-hydrogen) atoms. The lowest BCUT2D eigenvalue weighted by Crippen LogP contribution is -2.41. The van der Waals surface area contributed by atoms with Crippen molar-refractivity contribution >= 4 is 17.7 Å². The minimum Gasteiger partial charge on any atom is -0.384 e. The molecule has 3 nitrogen and oxygen atoms in total. The highest BCUT2D eigenvalue weighted by atomic mass is 32.2. The Morgan fingerprint density at radius 3 is 2.59 bits per heavy atom. The number of aliphatic hydroxyl groups is 1. The molecule has 94 valence electrons. The van der Waals surface area contributed by atoms with Gasteiger partial charge in [0.1, 0.15) is 5.60 Å². The third-order valence-electron chi connectivity index (χ3n) is 2.73. The summed E-state index contributed by atoms with van der Waals surface area (Å²) in [4.78, 5) is 11.6. The van der Waals surface area contributed by atoms with Crippen molar-refractivity contribution in [1.82, 2.24) is 5.32 Å². The summed E-state index contributed by atoms with van der Waals surface area (Å²) in [6, 6.07) is 9.34. The first-order valence-corrected chi connectivity index (χ1v) is 6.84. The topological polar surface area (TPSA) is 49.3 Å². The highest BCUT2D eigenvalue weighted by Gasteiger charge is 2.24. The van der Waals surface area contributed by atoms with Gasteiger partial charge in [0.05, 0.1) is 11.8 Å². The van der Waals surface area contributed by atoms with E-state index in [4.69, 9.17) is 0 Å². The number of thioether (sulfide) groups is 1. The first kappa shape index (κ1) is 14.1. The summed E-state index contributed by atoms with van der Waals surface area (Å²) in [5, 5.41) is 12.9. The predicted octanol–water partition coefficient (Wildman–Crippen LogP) is 1.76. The summed E-state index contributed by atoms with van der Waals surface area (Å²) in [6.45, 7) is 3.77. The molecule has 2 N–H and O–H groups in total. The lowest BCUT2D eigenvalue weighted by Gasteiger charge is -2.24. The molecule has 0 bridgehead atoms. The third kappa shape index (κ3) is 4.06. The standard InChI is InChI=1S/C13H19NO2S/c1-10(17-3)12(15)14-9-13(2,16)11-7-5-4-6-8-11/h4-8,10,16H,9H2,1-3H3,(H,14,15). The van der Waals surface area contributed by atoms with Crippen molar-refractivity contribution in [3.8, 4) is 0 Å². The molecule has 2 unspecified atom stereocenters. The Morgan fingerprint density at radius 1 is 1.47 bits per heavy atom. The Kier molecular flexibility index (Phi) is 5.02. The second-order valence-electron chi connectivity index (χ2n) is 4.24. The number of benzene rings is 1. The number of carbonyl (C=O) groups is 1. The van der Waals surface area contributed by atoms with Crippen molar-refractivity contribution in [1.29, 1.82) is 0 Å². The van der Waals surface area contributed by atoms with E-state index in [0.717, 1.165) is 5.56 Å². The van der Waals surface area contributed by atoms with Gasteiger partial charge in [0.25, 0.3) is 0 Å². The number of hydrogen-bond acceptors (Lipinski definition) is 3. The number of rotatable bonds is 5. The maximum Gasteiger partial charge on any atom is 0.232 e. The second-order valence-corrected chi connectivity index (χ2v) is 5.41. The molecule has 0 aromatic heterocycles. The lowest BCUT2D eigenvalue weighted by atomic mass is 9.96. The van der Waals surface area contributed by atoms with Crippen LogP contribution in [-0.4, -0.2) is 29.1 Å². The van der Waals surface area contributed by atoms with E-state index in [1.165, 1.54) is 11.8 Å². The quantitative estimate of drug-likeness (QED) is 0.840. The van der Waals surface area contributed by atoms with Crippen molar-refractivity contribution in [2.75, 3.05) is 12.8 Å². The number of carbonyl (C=O) groups excluding carboxylic acids is 1. The average molecular weight is 253 g/mol. The molecule has 0 saturated heterocycles. The first-order valence-electron chi connectivity index (χ1n) is 5.56. The summed E-state index contributed by atoms with van der Waals surface area (Å²) in [5.41, 5.74) is -0.230. The Bertz CT molecular complexity index is 365. The fourth-order valence-electron chi connectivity index (χ4n) is 1.41. The summed E-state index contributed by atoms with van der Waals surface area (Å²) in [5.74, 6) is -0.0475. The summed E-state index contributed by atoms with van der Waals surface area (Å²) in [6.07, 6.45) is 1.89. The van der Waals surface area contributed by atoms with Gasteiger partial charge in [0.2, 0.25) is 5.91 Å². The molecule has 1 aromatic carbocycles. The van der Waals surface area contributed by atoms with Crippen LogP contribution >= 0.6 is 11.8 Å². The number of nitrogens with one attached hydrogen (secondary N) is 1. The van der Waals surface area contributed by atoms with E-state index in [1.54, 1.807) is 6.92 Å². The van der Waals surface area contributed by atoms with Crippen LogP contribution in [0.4, 0.5) is 0 Å². The Balaban J connectivity index is 2.59. The fraction of sp³-hybridized carbons (Fsp3) is 0.462. The molecular weight excluding hydrogens is 234 g/mol. The average Bonchev–Trinajstić information content (AvgIpc) is 2.36. The maximum absolute atomic E-state index is 11.6. The summed E-state index contributed by atoms with van der Waals surface area (Å²) >= 11 is 1.49. The molecule has 1 amide bonds. The second kappa shape index (κ2) is 6.07. The van der Waals surface area contributed by atoms with Crippen LogP contribution in [0.15, 0.2) is 30.3 Å². The highest BCUT2D eigenvalue weighted by Crippen LogP contribution is 2.19. The van der Waals surface area contributed by atoms with Gasteiger partial charge < -0.3 is 10.4 Å². The van der Waals surface area contributed by atoms with Crippen molar-refractivity contribution in [3.05, 3.63) is 35.9 Å². The van der Waals surface area contributed by atoms with Gasteiger partial charge in [-0.2, -0.15) is 11.8 Å². The molecule has 0 heterocycles. The fourth-order valence-corrected chi connectivity index (χ4v) is 1.71. The van der Waals surface area contributed by atoms with Gasteiger partial charge in [-0.05, 0) is 25.7 Å². The SMILES string of the molecule is CSC(C)C(=O)NCC(C)(O)c1ccccc1. The van der Waals surface area contributed by atoms with Crippen LogP contribution in [-0.2, 0) is 10.4 Å². The smallest absolute Gasteiger partial charge is 0.232 e. The van der Waals surface area contributed by atoms with Gasteiger partial charge in [-0.1, -0.05) is 30.3 Å². The normalized spacial score (nSPS) is 16.0. The maximum atomic E-state index is 11.6. The Morgan fingerprint density at radius 2 is 2.06 bits per heavy atom. The van der Waals surface area contributed by atoms with E-state index in [0.29, 0.717) is 0 Å². The van der Waals surface area contributed by atoms with Crippen LogP contribution in [0, 0.1) is 0 Å². The van der Waals surface area contributed by atoms with E-state index < -0.39 is 5.60 Å². The van der Waals surface area contributed by atoms with E-state index in [2.05, 4.69) is 5.32 Å². The molecule has 0 fully saturated rings. The zero-order valence-corrected chi connectivity index (χ0v) is 11.3. The number of amides is 1. The Hall–Kier alpha value is -1.00. The van der Waals surface area contributed by atoms with Gasteiger partial charge in [0.15, 0.2) is 0 Å². The van der Waals surface area contributed by atoms with E-state index in [9.17, 15) is 9.90 Å². The molecule has 0 aliphatic heterocycles. The zero-order chi connectivity index (χ0) is 12.9. The highest BCUT2D eigenvalue weighted by molar-refractivity contribution is 7.99. The van der Waals surface area contributed by atoms with Crippen LogP contribution in [0.2, 0.25) is 0 Å². The van der Waals surface area contributed by atoms with Crippen molar-refractivity contribution in [2.24, 2.45) is 0 Å².